The van der Waals surface area contributed by atoms with Crippen LogP contribution in [0.1, 0.15) is 17.4 Å². The lowest BCUT2D eigenvalue weighted by molar-refractivity contribution is -0.384. The molecule has 0 aliphatic rings. The summed E-state index contributed by atoms with van der Waals surface area (Å²) >= 11 is 0. The largest absolute Gasteiger partial charge is 0.501 e. The number of nitrogens with zero attached hydrogens (tertiary/aromatic N) is 3. The zero-order chi connectivity index (χ0) is 22.1. The van der Waals surface area contributed by atoms with Gasteiger partial charge in [-0.15, -0.1) is 0 Å². The third-order valence-corrected chi connectivity index (χ3v) is 5.81. The van der Waals surface area contributed by atoms with Gasteiger partial charge in [0.05, 0.1) is 9.82 Å². The van der Waals surface area contributed by atoms with Gasteiger partial charge in [0, 0.05) is 25.5 Å². The fraction of sp³-hybridized carbons (Fsp3) is 0.167. The number of imidazole rings is 1. The Hall–Kier alpha value is -3.41. The number of sulfone groups is 1. The third kappa shape index (κ3) is 3.99. The molecule has 0 radical (unpaired) electrons. The summed E-state index contributed by atoms with van der Waals surface area (Å²) in [6.07, 6.45) is 3.20. The molecule has 0 aliphatic heterocycles. The average molecular weight is 440 g/mol. The molecule has 3 rings (SSSR count). The van der Waals surface area contributed by atoms with Crippen LogP contribution >= 0.6 is 0 Å². The van der Waals surface area contributed by atoms with E-state index in [9.17, 15) is 31.7 Å². The lowest BCUT2D eigenvalue weighted by Crippen LogP contribution is -2.23. The van der Waals surface area contributed by atoms with E-state index >= 15 is 0 Å². The Labute approximate surface area is 169 Å². The number of aryl methyl sites for hydroxylation is 1. The summed E-state index contributed by atoms with van der Waals surface area (Å²) in [6.45, 7) is 0. The molecule has 158 valence electrons. The van der Waals surface area contributed by atoms with Crippen molar-refractivity contribution in [3.8, 4) is 0 Å². The van der Waals surface area contributed by atoms with Gasteiger partial charge in [0.1, 0.15) is 17.6 Å². The van der Waals surface area contributed by atoms with E-state index in [4.69, 9.17) is 0 Å². The van der Waals surface area contributed by atoms with Crippen LogP contribution in [0.4, 0.5) is 24.5 Å². The second-order valence-corrected chi connectivity index (χ2v) is 8.21. The van der Waals surface area contributed by atoms with Crippen molar-refractivity contribution in [3.63, 3.8) is 0 Å². The number of nitrogens with one attached hydrogen (secondary N) is 1. The molecule has 0 saturated carbocycles. The number of anilines is 1. The van der Waals surface area contributed by atoms with Gasteiger partial charge in [-0.05, 0) is 17.7 Å². The van der Waals surface area contributed by atoms with E-state index in [1.54, 1.807) is 48.1 Å². The number of halogens is 3. The van der Waals surface area contributed by atoms with Crippen LogP contribution < -0.4 is 5.32 Å². The van der Waals surface area contributed by atoms with Crippen LogP contribution in [0.5, 0.6) is 0 Å². The molecule has 0 aliphatic carbocycles. The molecule has 0 fully saturated rings. The summed E-state index contributed by atoms with van der Waals surface area (Å²) in [5, 5.41) is 14.4. The molecule has 0 amide bonds. The average Bonchev–Trinajstić information content (AvgIpc) is 3.11. The second kappa shape index (κ2) is 7.78. The van der Waals surface area contributed by atoms with Crippen molar-refractivity contribution in [2.75, 3.05) is 5.32 Å². The van der Waals surface area contributed by atoms with Gasteiger partial charge < -0.3 is 9.88 Å². The maximum absolute atomic E-state index is 12.8. The van der Waals surface area contributed by atoms with Crippen molar-refractivity contribution in [2.24, 2.45) is 7.05 Å². The third-order valence-electron chi connectivity index (χ3n) is 4.33. The predicted octanol–water partition coefficient (Wildman–Crippen LogP) is 3.82. The normalized spacial score (nSPS) is 13.1. The topological polar surface area (TPSA) is 107 Å². The Morgan fingerprint density at radius 3 is 2.37 bits per heavy atom. The maximum atomic E-state index is 12.8. The second-order valence-electron chi connectivity index (χ2n) is 6.27. The Kier molecular flexibility index (Phi) is 5.53. The van der Waals surface area contributed by atoms with Gasteiger partial charge in [-0.25, -0.2) is 13.4 Å². The van der Waals surface area contributed by atoms with Gasteiger partial charge in [-0.2, -0.15) is 13.2 Å². The van der Waals surface area contributed by atoms with Crippen LogP contribution in [0, 0.1) is 10.1 Å². The molecule has 8 nitrogen and oxygen atoms in total. The van der Waals surface area contributed by atoms with Crippen molar-refractivity contribution in [2.45, 2.75) is 16.4 Å². The summed E-state index contributed by atoms with van der Waals surface area (Å²) in [6, 6.07) is 10.1. The quantitative estimate of drug-likeness (QED) is 0.461. The van der Waals surface area contributed by atoms with Crippen molar-refractivity contribution in [3.05, 3.63) is 82.4 Å². The highest BCUT2D eigenvalue weighted by molar-refractivity contribution is 7.92. The summed E-state index contributed by atoms with van der Waals surface area (Å²) < 4.78 is 63.4. The van der Waals surface area contributed by atoms with Crippen molar-refractivity contribution in [1.29, 1.82) is 0 Å². The molecule has 0 saturated heterocycles. The minimum atomic E-state index is -5.73. The zero-order valence-corrected chi connectivity index (χ0v) is 16.2. The van der Waals surface area contributed by atoms with Gasteiger partial charge in [0.2, 0.25) is 0 Å². The highest BCUT2D eigenvalue weighted by atomic mass is 32.2. The van der Waals surface area contributed by atoms with Crippen LogP contribution in [0.15, 0.2) is 65.8 Å². The van der Waals surface area contributed by atoms with Crippen LogP contribution in [-0.2, 0) is 16.9 Å². The first kappa shape index (κ1) is 21.3. The summed E-state index contributed by atoms with van der Waals surface area (Å²) in [4.78, 5) is 13.6. The number of hydrogen-bond donors (Lipinski definition) is 1. The fourth-order valence-corrected chi connectivity index (χ4v) is 3.62. The van der Waals surface area contributed by atoms with Crippen LogP contribution in [-0.4, -0.2) is 28.4 Å². The van der Waals surface area contributed by atoms with Crippen molar-refractivity contribution >= 4 is 21.2 Å². The Morgan fingerprint density at radius 1 is 1.17 bits per heavy atom. The first-order valence-corrected chi connectivity index (χ1v) is 9.89. The zero-order valence-electron chi connectivity index (χ0n) is 15.4. The van der Waals surface area contributed by atoms with Crippen LogP contribution in [0.2, 0.25) is 0 Å². The van der Waals surface area contributed by atoms with E-state index in [0.717, 1.165) is 6.07 Å². The number of nitro groups is 1. The van der Waals surface area contributed by atoms with Gasteiger partial charge in [0.15, 0.2) is 0 Å². The number of benzene rings is 2. The first-order chi connectivity index (χ1) is 14.0. The lowest BCUT2D eigenvalue weighted by atomic mass is 10.1. The van der Waals surface area contributed by atoms with Crippen LogP contribution in [0.25, 0.3) is 0 Å². The summed E-state index contributed by atoms with van der Waals surface area (Å²) in [7, 11) is -4.01. The predicted molar refractivity (Wildman–Crippen MR) is 101 cm³/mol. The molecule has 1 N–H and O–H groups in total. The molecule has 2 aromatic carbocycles. The standard InChI is InChI=1S/C18H15F3N4O4S/c1-24-10-9-22-17(24)16(12-5-3-2-4-6-12)23-14-8-7-13(11-15(14)25(26)27)30(28,29)18(19,20)21/h2-11,16,23H,1H3/t16-/m0/s1. The number of rotatable bonds is 6. The monoisotopic (exact) mass is 440 g/mol. The van der Waals surface area contributed by atoms with E-state index in [0.29, 0.717) is 23.5 Å². The fourth-order valence-electron chi connectivity index (χ4n) is 2.84. The Morgan fingerprint density at radius 2 is 1.83 bits per heavy atom. The van der Waals surface area contributed by atoms with E-state index in [-0.39, 0.29) is 5.69 Å². The maximum Gasteiger partial charge on any atom is 0.501 e. The van der Waals surface area contributed by atoms with Crippen molar-refractivity contribution in [1.82, 2.24) is 9.55 Å². The minimum absolute atomic E-state index is 0.155. The Balaban J connectivity index is 2.10. The molecule has 1 heterocycles. The van der Waals surface area contributed by atoms with Gasteiger partial charge in [-0.3, -0.25) is 10.1 Å². The lowest BCUT2D eigenvalue weighted by Gasteiger charge is -2.20. The van der Waals surface area contributed by atoms with Crippen molar-refractivity contribution < 1.29 is 26.5 Å². The highest BCUT2D eigenvalue weighted by Crippen LogP contribution is 2.36. The van der Waals surface area contributed by atoms with Gasteiger partial charge in [-0.1, -0.05) is 30.3 Å². The van der Waals surface area contributed by atoms with E-state index < -0.39 is 36.9 Å². The van der Waals surface area contributed by atoms with Crippen LogP contribution in [0.3, 0.4) is 0 Å². The molecule has 3 aromatic rings. The first-order valence-electron chi connectivity index (χ1n) is 8.41. The smallest absolute Gasteiger partial charge is 0.366 e. The molecule has 30 heavy (non-hydrogen) atoms. The van der Waals surface area contributed by atoms with Gasteiger partial charge in [0.25, 0.3) is 15.5 Å². The molecule has 0 unspecified atom stereocenters. The molecule has 1 aromatic heterocycles. The minimum Gasteiger partial charge on any atom is -0.366 e. The SMILES string of the molecule is Cn1ccnc1[C@@H](Nc1ccc(S(=O)(=O)C(F)(F)F)cc1[N+](=O)[O-])c1ccccc1. The number of nitro benzene ring substituents is 1. The molecule has 0 spiro atoms. The molecular formula is C18H15F3N4O4S. The van der Waals surface area contributed by atoms with E-state index in [1.165, 1.54) is 6.20 Å². The molecule has 1 atom stereocenters. The number of hydrogen-bond acceptors (Lipinski definition) is 6. The molecule has 12 heteroatoms. The number of alkyl halides is 3. The van der Waals surface area contributed by atoms with E-state index in [1.807, 2.05) is 0 Å². The van der Waals surface area contributed by atoms with Gasteiger partial charge >= 0.3 is 5.51 Å². The highest BCUT2D eigenvalue weighted by Gasteiger charge is 2.47. The molecular weight excluding hydrogens is 425 g/mol. The number of aromatic nitrogens is 2. The summed E-state index contributed by atoms with van der Waals surface area (Å²) in [5.74, 6) is 0.488. The summed E-state index contributed by atoms with van der Waals surface area (Å²) in [5.41, 5.74) is -5.85. The Bertz CT molecular complexity index is 1180. The molecule has 0 bridgehead atoms. The van der Waals surface area contributed by atoms with E-state index in [2.05, 4.69) is 10.3 Å².